The second kappa shape index (κ2) is 6.14. The summed E-state index contributed by atoms with van der Waals surface area (Å²) in [5.41, 5.74) is 2.01. The Kier molecular flexibility index (Phi) is 4.80. The van der Waals surface area contributed by atoms with Gasteiger partial charge in [-0.2, -0.15) is 0 Å². The lowest BCUT2D eigenvalue weighted by atomic mass is 10.2. The maximum absolute atomic E-state index is 6.10. The topological polar surface area (TPSA) is 37.8 Å². The molecule has 0 spiro atoms. The molecular formula is C11H8ClI2N3. The van der Waals surface area contributed by atoms with Crippen molar-refractivity contribution in [3.05, 3.63) is 48.6 Å². The highest BCUT2D eigenvalue weighted by Gasteiger charge is 2.07. The fourth-order valence-electron chi connectivity index (χ4n) is 1.32. The summed E-state index contributed by atoms with van der Waals surface area (Å²) in [4.78, 5) is 8.30. The van der Waals surface area contributed by atoms with Crippen LogP contribution in [-0.2, 0) is 6.54 Å². The molecule has 0 bridgehead atoms. The predicted molar refractivity (Wildman–Crippen MR) is 86.2 cm³/mol. The Hall–Kier alpha value is -0.150. The van der Waals surface area contributed by atoms with Gasteiger partial charge in [0.15, 0.2) is 0 Å². The van der Waals surface area contributed by atoms with Gasteiger partial charge >= 0.3 is 0 Å². The molecule has 2 aromatic rings. The van der Waals surface area contributed by atoms with Gasteiger partial charge in [0.2, 0.25) is 0 Å². The van der Waals surface area contributed by atoms with Crippen LogP contribution in [0.15, 0.2) is 30.6 Å². The Morgan fingerprint density at radius 1 is 1.12 bits per heavy atom. The van der Waals surface area contributed by atoms with E-state index in [2.05, 4.69) is 60.5 Å². The number of anilines is 1. The minimum atomic E-state index is 0.666. The molecule has 0 amide bonds. The zero-order chi connectivity index (χ0) is 12.3. The van der Waals surface area contributed by atoms with Crippen molar-refractivity contribution in [2.75, 3.05) is 5.32 Å². The lowest BCUT2D eigenvalue weighted by Crippen LogP contribution is -2.05. The van der Waals surface area contributed by atoms with Crippen LogP contribution in [0.5, 0.6) is 0 Å². The summed E-state index contributed by atoms with van der Waals surface area (Å²) in [6.45, 7) is 0.666. The maximum Gasteiger partial charge on any atom is 0.128 e. The van der Waals surface area contributed by atoms with Gasteiger partial charge in [-0.15, -0.1) is 0 Å². The Morgan fingerprint density at radius 3 is 2.41 bits per heavy atom. The Bertz CT molecular complexity index is 514. The van der Waals surface area contributed by atoms with E-state index in [1.165, 1.54) is 0 Å². The summed E-state index contributed by atoms with van der Waals surface area (Å²) in [5, 5.41) is 4.08. The van der Waals surface area contributed by atoms with Crippen LogP contribution >= 0.6 is 56.8 Å². The third kappa shape index (κ3) is 3.41. The normalized spacial score (nSPS) is 10.3. The molecule has 1 N–H and O–H groups in total. The van der Waals surface area contributed by atoms with Crippen LogP contribution in [0.25, 0.3) is 0 Å². The van der Waals surface area contributed by atoms with Crippen LogP contribution < -0.4 is 5.32 Å². The van der Waals surface area contributed by atoms with Crippen LogP contribution in [0, 0.1) is 7.40 Å². The monoisotopic (exact) mass is 471 g/mol. The second-order valence-electron chi connectivity index (χ2n) is 3.28. The third-order valence-electron chi connectivity index (χ3n) is 2.17. The van der Waals surface area contributed by atoms with E-state index in [-0.39, 0.29) is 0 Å². The number of hydrogen-bond donors (Lipinski definition) is 1. The number of rotatable bonds is 3. The first-order chi connectivity index (χ1) is 8.18. The van der Waals surface area contributed by atoms with Gasteiger partial charge in [0.25, 0.3) is 0 Å². The van der Waals surface area contributed by atoms with Crippen molar-refractivity contribution in [3.63, 3.8) is 0 Å². The number of nitrogens with zero attached hydrogens (tertiary/aromatic N) is 2. The summed E-state index contributed by atoms with van der Waals surface area (Å²) in [6, 6.07) is 7.78. The van der Waals surface area contributed by atoms with E-state index in [0.29, 0.717) is 6.54 Å². The highest BCUT2D eigenvalue weighted by Crippen LogP contribution is 2.22. The lowest BCUT2D eigenvalue weighted by molar-refractivity contribution is 1.06. The number of hydrogen-bond acceptors (Lipinski definition) is 3. The van der Waals surface area contributed by atoms with Crippen LogP contribution in [-0.4, -0.2) is 9.97 Å². The van der Waals surface area contributed by atoms with E-state index >= 15 is 0 Å². The van der Waals surface area contributed by atoms with E-state index in [1.54, 1.807) is 6.33 Å². The quantitative estimate of drug-likeness (QED) is 0.544. The average Bonchev–Trinajstić information content (AvgIpc) is 2.30. The van der Waals surface area contributed by atoms with Crippen LogP contribution in [0.3, 0.4) is 0 Å². The minimum Gasteiger partial charge on any atom is -0.377 e. The van der Waals surface area contributed by atoms with Gasteiger partial charge in [0.1, 0.15) is 13.7 Å². The van der Waals surface area contributed by atoms with Crippen molar-refractivity contribution in [3.8, 4) is 0 Å². The Balaban J connectivity index is 2.16. The molecule has 0 fully saturated rings. The molecule has 0 aliphatic carbocycles. The molecule has 2 rings (SSSR count). The minimum absolute atomic E-state index is 0.666. The molecule has 0 saturated carbocycles. The fraction of sp³-hybridized carbons (Fsp3) is 0.0909. The molecule has 0 aliphatic heterocycles. The van der Waals surface area contributed by atoms with E-state index < -0.39 is 0 Å². The molecule has 0 radical (unpaired) electrons. The number of aromatic nitrogens is 2. The molecule has 17 heavy (non-hydrogen) atoms. The van der Waals surface area contributed by atoms with Gasteiger partial charge in [-0.3, -0.25) is 0 Å². The van der Waals surface area contributed by atoms with Crippen molar-refractivity contribution in [1.29, 1.82) is 0 Å². The third-order valence-corrected chi connectivity index (χ3v) is 4.17. The van der Waals surface area contributed by atoms with E-state index in [4.69, 9.17) is 11.6 Å². The number of halogens is 3. The fourth-order valence-corrected chi connectivity index (χ4v) is 3.18. The van der Waals surface area contributed by atoms with Crippen molar-refractivity contribution in [2.24, 2.45) is 0 Å². The standard InChI is InChI=1S/C11H8ClI2N3/c12-8-4-2-1-3-7(8)5-15-9-10(13)16-6-17-11(9)14/h1-4,6,15H,5H2. The Labute approximate surface area is 132 Å². The maximum atomic E-state index is 6.10. The Morgan fingerprint density at radius 2 is 1.76 bits per heavy atom. The van der Waals surface area contributed by atoms with E-state index in [1.807, 2.05) is 24.3 Å². The van der Waals surface area contributed by atoms with Gasteiger partial charge in [-0.25, -0.2) is 9.97 Å². The summed E-state index contributed by atoms with van der Waals surface area (Å²) in [6.07, 6.45) is 1.56. The van der Waals surface area contributed by atoms with Crippen LogP contribution in [0.4, 0.5) is 5.69 Å². The van der Waals surface area contributed by atoms with Gasteiger partial charge in [0, 0.05) is 11.6 Å². The first kappa shape index (κ1) is 13.3. The molecule has 1 heterocycles. The average molecular weight is 471 g/mol. The summed E-state index contributed by atoms with van der Waals surface area (Å²) in [7, 11) is 0. The first-order valence-electron chi connectivity index (χ1n) is 4.82. The first-order valence-corrected chi connectivity index (χ1v) is 7.35. The largest absolute Gasteiger partial charge is 0.377 e. The molecule has 0 atom stereocenters. The summed E-state index contributed by atoms with van der Waals surface area (Å²) >= 11 is 10.5. The molecule has 1 aromatic heterocycles. The molecule has 0 saturated heterocycles. The number of nitrogens with one attached hydrogen (secondary N) is 1. The highest BCUT2D eigenvalue weighted by atomic mass is 127. The summed E-state index contributed by atoms with van der Waals surface area (Å²) in [5.74, 6) is 0. The lowest BCUT2D eigenvalue weighted by Gasteiger charge is -2.10. The number of benzene rings is 1. The van der Waals surface area contributed by atoms with Crippen LogP contribution in [0.2, 0.25) is 5.02 Å². The van der Waals surface area contributed by atoms with Gasteiger partial charge in [-0.1, -0.05) is 29.8 Å². The zero-order valence-electron chi connectivity index (χ0n) is 8.62. The van der Waals surface area contributed by atoms with Gasteiger partial charge < -0.3 is 5.32 Å². The SMILES string of the molecule is Clc1ccccc1CNc1c(I)ncnc1I. The van der Waals surface area contributed by atoms with E-state index in [0.717, 1.165) is 23.7 Å². The molecule has 1 aromatic carbocycles. The molecular weight excluding hydrogens is 463 g/mol. The summed E-state index contributed by atoms with van der Waals surface area (Å²) < 4.78 is 1.82. The van der Waals surface area contributed by atoms with Crippen molar-refractivity contribution in [1.82, 2.24) is 9.97 Å². The molecule has 0 unspecified atom stereocenters. The van der Waals surface area contributed by atoms with Crippen molar-refractivity contribution < 1.29 is 0 Å². The molecule has 6 heteroatoms. The highest BCUT2D eigenvalue weighted by molar-refractivity contribution is 14.1. The van der Waals surface area contributed by atoms with Crippen molar-refractivity contribution >= 4 is 62.5 Å². The van der Waals surface area contributed by atoms with Gasteiger partial charge in [-0.05, 0) is 56.8 Å². The predicted octanol–water partition coefficient (Wildman–Crippen LogP) is 3.95. The van der Waals surface area contributed by atoms with Gasteiger partial charge in [0.05, 0.1) is 5.69 Å². The molecule has 88 valence electrons. The van der Waals surface area contributed by atoms with Crippen molar-refractivity contribution in [2.45, 2.75) is 6.54 Å². The smallest absolute Gasteiger partial charge is 0.128 e. The van der Waals surface area contributed by atoms with E-state index in [9.17, 15) is 0 Å². The molecule has 0 aliphatic rings. The zero-order valence-corrected chi connectivity index (χ0v) is 13.7. The molecule has 3 nitrogen and oxygen atoms in total. The van der Waals surface area contributed by atoms with Crippen LogP contribution in [0.1, 0.15) is 5.56 Å². The second-order valence-corrected chi connectivity index (χ2v) is 5.73.